The van der Waals surface area contributed by atoms with Gasteiger partial charge in [-0.2, -0.15) is 0 Å². The molecule has 0 aromatic rings. The number of likely N-dealkylation sites (tertiary alicyclic amines) is 1. The summed E-state index contributed by atoms with van der Waals surface area (Å²) >= 11 is 0. The average molecular weight is 251 g/mol. The predicted octanol–water partition coefficient (Wildman–Crippen LogP) is 1.65. The maximum atomic E-state index is 10.3. The van der Waals surface area contributed by atoms with Crippen LogP contribution >= 0.6 is 0 Å². The van der Waals surface area contributed by atoms with Crippen molar-refractivity contribution < 1.29 is 9.84 Å². The lowest BCUT2D eigenvalue weighted by Gasteiger charge is -2.29. The quantitative estimate of drug-likeness (QED) is 0.824. The van der Waals surface area contributed by atoms with E-state index in [4.69, 9.17) is 4.74 Å². The summed E-state index contributed by atoms with van der Waals surface area (Å²) in [5.74, 6) is 2.37. The molecule has 0 spiro atoms. The molecule has 4 rings (SSSR count). The summed E-state index contributed by atoms with van der Waals surface area (Å²) in [6.07, 6.45) is 8.10. The van der Waals surface area contributed by atoms with Gasteiger partial charge in [0.05, 0.1) is 12.2 Å². The third-order valence-corrected chi connectivity index (χ3v) is 5.94. The van der Waals surface area contributed by atoms with Crippen LogP contribution in [0.4, 0.5) is 0 Å². The van der Waals surface area contributed by atoms with Crippen molar-refractivity contribution in [1.29, 1.82) is 0 Å². The van der Waals surface area contributed by atoms with Crippen molar-refractivity contribution in [3.8, 4) is 0 Å². The van der Waals surface area contributed by atoms with E-state index in [1.807, 2.05) is 0 Å². The van der Waals surface area contributed by atoms with Crippen molar-refractivity contribution in [3.05, 3.63) is 0 Å². The molecule has 4 aliphatic rings. The first-order chi connectivity index (χ1) is 8.83. The Morgan fingerprint density at radius 2 is 2.17 bits per heavy atom. The SMILES string of the molecule is OC1C2CC3CN(CCCC4CCCO4)C1C3C2. The van der Waals surface area contributed by atoms with Gasteiger partial charge >= 0.3 is 0 Å². The van der Waals surface area contributed by atoms with E-state index in [1.165, 1.54) is 51.6 Å². The third kappa shape index (κ3) is 1.75. The lowest BCUT2D eigenvalue weighted by molar-refractivity contribution is 0.0475. The molecule has 2 saturated heterocycles. The van der Waals surface area contributed by atoms with Gasteiger partial charge in [-0.15, -0.1) is 0 Å². The molecule has 3 heteroatoms. The molecule has 6 unspecified atom stereocenters. The fraction of sp³-hybridized carbons (Fsp3) is 1.00. The number of nitrogens with zero attached hydrogens (tertiary/aromatic N) is 1. The van der Waals surface area contributed by atoms with Gasteiger partial charge in [-0.05, 0) is 62.8 Å². The normalized spacial score (nSPS) is 50.5. The highest BCUT2D eigenvalue weighted by Crippen LogP contribution is 2.54. The largest absolute Gasteiger partial charge is 0.391 e. The molecule has 3 nitrogen and oxygen atoms in total. The van der Waals surface area contributed by atoms with Gasteiger partial charge in [0, 0.05) is 19.2 Å². The third-order valence-electron chi connectivity index (χ3n) is 5.94. The highest BCUT2D eigenvalue weighted by molar-refractivity contribution is 5.10. The van der Waals surface area contributed by atoms with Crippen molar-refractivity contribution in [1.82, 2.24) is 4.90 Å². The minimum atomic E-state index is -0.0171. The number of hydrogen-bond donors (Lipinski definition) is 1. The first kappa shape index (κ1) is 11.7. The Hall–Kier alpha value is -0.120. The monoisotopic (exact) mass is 251 g/mol. The van der Waals surface area contributed by atoms with Crippen LogP contribution in [-0.2, 0) is 4.74 Å². The highest BCUT2D eigenvalue weighted by Gasteiger charge is 2.58. The lowest BCUT2D eigenvalue weighted by atomic mass is 9.88. The van der Waals surface area contributed by atoms with Crippen LogP contribution in [0.25, 0.3) is 0 Å². The van der Waals surface area contributed by atoms with Crippen molar-refractivity contribution in [3.63, 3.8) is 0 Å². The Morgan fingerprint density at radius 1 is 1.22 bits per heavy atom. The number of fused-ring (bicyclic) bond motifs is 1. The maximum Gasteiger partial charge on any atom is 0.0726 e. The van der Waals surface area contributed by atoms with Crippen LogP contribution in [0.3, 0.4) is 0 Å². The summed E-state index contributed by atoms with van der Waals surface area (Å²) < 4.78 is 5.69. The lowest BCUT2D eigenvalue weighted by Crippen LogP contribution is -2.41. The van der Waals surface area contributed by atoms with Crippen LogP contribution in [-0.4, -0.2) is 48.0 Å². The Labute approximate surface area is 109 Å². The molecule has 2 heterocycles. The molecule has 0 aromatic heterocycles. The fourth-order valence-electron chi connectivity index (χ4n) is 5.19. The van der Waals surface area contributed by atoms with E-state index in [2.05, 4.69) is 4.90 Å². The molecule has 2 bridgehead atoms. The molecular formula is C15H25NO2. The summed E-state index contributed by atoms with van der Waals surface area (Å²) in [6, 6.07) is 0.512. The zero-order chi connectivity index (χ0) is 12.1. The van der Waals surface area contributed by atoms with Crippen molar-refractivity contribution in [2.45, 2.75) is 56.8 Å². The van der Waals surface area contributed by atoms with Crippen LogP contribution in [0.5, 0.6) is 0 Å². The van der Waals surface area contributed by atoms with E-state index in [1.54, 1.807) is 0 Å². The molecule has 18 heavy (non-hydrogen) atoms. The Morgan fingerprint density at radius 3 is 2.94 bits per heavy atom. The minimum Gasteiger partial charge on any atom is -0.391 e. The molecule has 0 amide bonds. The van der Waals surface area contributed by atoms with Crippen LogP contribution in [0.1, 0.15) is 38.5 Å². The first-order valence-corrected chi connectivity index (χ1v) is 7.86. The minimum absolute atomic E-state index is 0.0171. The second kappa shape index (κ2) is 4.46. The second-order valence-corrected chi connectivity index (χ2v) is 6.91. The van der Waals surface area contributed by atoms with Gasteiger partial charge in [0.1, 0.15) is 0 Å². The van der Waals surface area contributed by atoms with Gasteiger partial charge in [-0.3, -0.25) is 4.90 Å². The van der Waals surface area contributed by atoms with E-state index in [-0.39, 0.29) is 6.10 Å². The highest BCUT2D eigenvalue weighted by atomic mass is 16.5. The molecule has 0 aromatic carbocycles. The maximum absolute atomic E-state index is 10.3. The van der Waals surface area contributed by atoms with Gasteiger partial charge in [0.25, 0.3) is 0 Å². The van der Waals surface area contributed by atoms with Crippen molar-refractivity contribution >= 4 is 0 Å². The van der Waals surface area contributed by atoms with Gasteiger partial charge in [0.15, 0.2) is 0 Å². The fourth-order valence-corrected chi connectivity index (χ4v) is 5.19. The van der Waals surface area contributed by atoms with Crippen molar-refractivity contribution in [2.75, 3.05) is 19.7 Å². The zero-order valence-electron chi connectivity index (χ0n) is 11.1. The van der Waals surface area contributed by atoms with Gasteiger partial charge in [-0.25, -0.2) is 0 Å². The Bertz CT molecular complexity index is 314. The van der Waals surface area contributed by atoms with E-state index < -0.39 is 0 Å². The number of ether oxygens (including phenoxy) is 1. The Kier molecular flexibility index (Phi) is 2.90. The van der Waals surface area contributed by atoms with Gasteiger partial charge in [-0.1, -0.05) is 0 Å². The molecular weight excluding hydrogens is 226 g/mol. The molecule has 2 aliphatic carbocycles. The topological polar surface area (TPSA) is 32.7 Å². The van der Waals surface area contributed by atoms with Gasteiger partial charge in [0.2, 0.25) is 0 Å². The number of aliphatic hydroxyl groups is 1. The summed E-state index contributed by atoms with van der Waals surface area (Å²) in [4.78, 5) is 2.60. The summed E-state index contributed by atoms with van der Waals surface area (Å²) in [6.45, 7) is 3.41. The molecule has 2 aliphatic heterocycles. The molecule has 0 radical (unpaired) electrons. The van der Waals surface area contributed by atoms with Gasteiger partial charge < -0.3 is 9.84 Å². The number of rotatable bonds is 4. The molecule has 1 N–H and O–H groups in total. The molecule has 2 saturated carbocycles. The summed E-state index contributed by atoms with van der Waals surface area (Å²) in [5.41, 5.74) is 0. The molecule has 4 fully saturated rings. The van der Waals surface area contributed by atoms with E-state index in [0.717, 1.165) is 18.4 Å². The summed E-state index contributed by atoms with van der Waals surface area (Å²) in [5, 5.41) is 10.3. The van der Waals surface area contributed by atoms with Crippen LogP contribution in [0.15, 0.2) is 0 Å². The predicted molar refractivity (Wildman–Crippen MR) is 69.3 cm³/mol. The second-order valence-electron chi connectivity index (χ2n) is 6.91. The van der Waals surface area contributed by atoms with E-state index in [9.17, 15) is 5.11 Å². The molecule has 102 valence electrons. The average Bonchev–Trinajstić information content (AvgIpc) is 3.04. The zero-order valence-corrected chi connectivity index (χ0v) is 11.1. The first-order valence-electron chi connectivity index (χ1n) is 7.86. The van der Waals surface area contributed by atoms with Crippen LogP contribution in [0, 0.1) is 17.8 Å². The van der Waals surface area contributed by atoms with E-state index >= 15 is 0 Å². The Balaban J connectivity index is 1.30. The number of hydrogen-bond acceptors (Lipinski definition) is 3. The summed E-state index contributed by atoms with van der Waals surface area (Å²) in [7, 11) is 0. The standard InChI is InChI=1S/C15H25NO2/c17-15-10-7-11-9-16(14(15)13(11)8-10)5-1-3-12-4-2-6-18-12/h10-15,17H,1-9H2. The smallest absolute Gasteiger partial charge is 0.0726 e. The van der Waals surface area contributed by atoms with Crippen molar-refractivity contribution in [2.24, 2.45) is 17.8 Å². The molecule has 6 atom stereocenters. The van der Waals surface area contributed by atoms with E-state index in [0.29, 0.717) is 18.1 Å². The number of aliphatic hydroxyl groups excluding tert-OH is 1. The van der Waals surface area contributed by atoms with Crippen LogP contribution in [0.2, 0.25) is 0 Å². The van der Waals surface area contributed by atoms with Crippen LogP contribution < -0.4 is 0 Å².